The number of aryl methyl sites for hydroxylation is 1. The number of hydrogen-bond donors (Lipinski definition) is 2. The Morgan fingerprint density at radius 2 is 2.44 bits per heavy atom. The molecule has 1 fully saturated rings. The van der Waals surface area contributed by atoms with Crippen molar-refractivity contribution in [2.45, 2.75) is 58.0 Å². The first-order chi connectivity index (χ1) is 8.74. The average Bonchev–Trinajstić information content (AvgIpc) is 2.76. The van der Waals surface area contributed by atoms with Gasteiger partial charge in [-0.1, -0.05) is 6.42 Å². The van der Waals surface area contributed by atoms with Gasteiger partial charge in [-0.2, -0.15) is 0 Å². The third-order valence-electron chi connectivity index (χ3n) is 3.59. The molecule has 2 unspecified atom stereocenters. The summed E-state index contributed by atoms with van der Waals surface area (Å²) in [6, 6.07) is 1.32. The highest BCUT2D eigenvalue weighted by Crippen LogP contribution is 2.12. The van der Waals surface area contributed by atoms with E-state index in [1.54, 1.807) is 11.3 Å². The summed E-state index contributed by atoms with van der Waals surface area (Å²) in [5, 5.41) is 10.6. The molecule has 1 saturated heterocycles. The van der Waals surface area contributed by atoms with Crippen LogP contribution >= 0.6 is 11.3 Å². The summed E-state index contributed by atoms with van der Waals surface area (Å²) >= 11 is 1.74. The van der Waals surface area contributed by atoms with Crippen molar-refractivity contribution in [3.8, 4) is 0 Å². The van der Waals surface area contributed by atoms with Crippen molar-refractivity contribution < 1.29 is 0 Å². The van der Waals surface area contributed by atoms with Gasteiger partial charge in [0, 0.05) is 30.4 Å². The van der Waals surface area contributed by atoms with Crippen LogP contribution in [-0.4, -0.2) is 30.2 Å². The van der Waals surface area contributed by atoms with Gasteiger partial charge in [0.05, 0.1) is 10.7 Å². The molecule has 0 spiro atoms. The SMILES string of the molecule is Cc1nc(CCNC(C)CC2CCCCN2)cs1. The van der Waals surface area contributed by atoms with Gasteiger partial charge in [-0.15, -0.1) is 11.3 Å². The minimum absolute atomic E-state index is 0.598. The van der Waals surface area contributed by atoms with Gasteiger partial charge in [0.1, 0.15) is 0 Å². The number of hydrogen-bond acceptors (Lipinski definition) is 4. The topological polar surface area (TPSA) is 37.0 Å². The van der Waals surface area contributed by atoms with E-state index >= 15 is 0 Å². The molecule has 102 valence electrons. The van der Waals surface area contributed by atoms with Gasteiger partial charge in [-0.3, -0.25) is 0 Å². The second kappa shape index (κ2) is 7.22. The van der Waals surface area contributed by atoms with Crippen molar-refractivity contribution >= 4 is 11.3 Å². The van der Waals surface area contributed by atoms with Gasteiger partial charge in [-0.25, -0.2) is 4.98 Å². The average molecular weight is 267 g/mol. The van der Waals surface area contributed by atoms with E-state index in [-0.39, 0.29) is 0 Å². The molecule has 2 heterocycles. The molecule has 1 aromatic rings. The fraction of sp³-hybridized carbons (Fsp3) is 0.786. The second-order valence-electron chi connectivity index (χ2n) is 5.35. The second-order valence-corrected chi connectivity index (χ2v) is 6.41. The van der Waals surface area contributed by atoms with Crippen LogP contribution in [0.5, 0.6) is 0 Å². The summed E-state index contributed by atoms with van der Waals surface area (Å²) < 4.78 is 0. The Balaban J connectivity index is 1.60. The normalized spacial score (nSPS) is 22.0. The zero-order valence-corrected chi connectivity index (χ0v) is 12.4. The fourth-order valence-corrected chi connectivity index (χ4v) is 3.25. The monoisotopic (exact) mass is 267 g/mol. The minimum Gasteiger partial charge on any atom is -0.314 e. The summed E-state index contributed by atoms with van der Waals surface area (Å²) in [5.41, 5.74) is 1.23. The van der Waals surface area contributed by atoms with Crippen LogP contribution in [0.1, 0.15) is 43.3 Å². The first-order valence-corrected chi connectivity index (χ1v) is 8.00. The van der Waals surface area contributed by atoms with Crippen molar-refractivity contribution in [3.05, 3.63) is 16.1 Å². The first kappa shape index (κ1) is 14.0. The molecule has 0 radical (unpaired) electrons. The lowest BCUT2D eigenvalue weighted by molar-refractivity contribution is 0.346. The molecular formula is C14H25N3S. The Bertz CT molecular complexity index is 345. The van der Waals surface area contributed by atoms with Crippen LogP contribution in [0.2, 0.25) is 0 Å². The van der Waals surface area contributed by atoms with Crippen LogP contribution in [0.3, 0.4) is 0 Å². The van der Waals surface area contributed by atoms with Crippen LogP contribution in [-0.2, 0) is 6.42 Å². The van der Waals surface area contributed by atoms with E-state index in [0.29, 0.717) is 6.04 Å². The highest BCUT2D eigenvalue weighted by Gasteiger charge is 2.15. The highest BCUT2D eigenvalue weighted by atomic mass is 32.1. The quantitative estimate of drug-likeness (QED) is 0.831. The molecule has 0 aliphatic carbocycles. The predicted octanol–water partition coefficient (Wildman–Crippen LogP) is 2.50. The molecule has 18 heavy (non-hydrogen) atoms. The summed E-state index contributed by atoms with van der Waals surface area (Å²) in [6.45, 7) is 6.61. The van der Waals surface area contributed by atoms with Gasteiger partial charge < -0.3 is 10.6 Å². The molecule has 4 heteroatoms. The fourth-order valence-electron chi connectivity index (χ4n) is 2.60. The van der Waals surface area contributed by atoms with Crippen molar-refractivity contribution in [2.75, 3.05) is 13.1 Å². The molecule has 2 N–H and O–H groups in total. The Morgan fingerprint density at radius 1 is 1.56 bits per heavy atom. The highest BCUT2D eigenvalue weighted by molar-refractivity contribution is 7.09. The molecule has 1 aliphatic heterocycles. The van der Waals surface area contributed by atoms with Gasteiger partial charge in [-0.05, 0) is 39.7 Å². The van der Waals surface area contributed by atoms with Crippen molar-refractivity contribution in [1.82, 2.24) is 15.6 Å². The van der Waals surface area contributed by atoms with E-state index in [0.717, 1.165) is 19.0 Å². The standard InChI is InChI=1S/C14H25N3S/c1-11(9-13-5-3-4-7-16-13)15-8-6-14-10-18-12(2)17-14/h10-11,13,15-16H,3-9H2,1-2H3. The maximum atomic E-state index is 4.49. The van der Waals surface area contributed by atoms with Gasteiger partial charge in [0.25, 0.3) is 0 Å². The van der Waals surface area contributed by atoms with E-state index in [9.17, 15) is 0 Å². The lowest BCUT2D eigenvalue weighted by atomic mass is 9.99. The number of aromatic nitrogens is 1. The Kier molecular flexibility index (Phi) is 5.60. The molecule has 0 aromatic carbocycles. The number of nitrogens with zero attached hydrogens (tertiary/aromatic N) is 1. The van der Waals surface area contributed by atoms with Crippen LogP contribution in [0, 0.1) is 6.92 Å². The molecular weight excluding hydrogens is 242 g/mol. The lowest BCUT2D eigenvalue weighted by Crippen LogP contribution is -2.40. The van der Waals surface area contributed by atoms with E-state index in [1.807, 2.05) is 0 Å². The summed E-state index contributed by atoms with van der Waals surface area (Å²) in [6.07, 6.45) is 6.38. The molecule has 3 nitrogen and oxygen atoms in total. The Morgan fingerprint density at radius 3 is 3.11 bits per heavy atom. The van der Waals surface area contributed by atoms with Crippen LogP contribution in [0.25, 0.3) is 0 Å². The number of rotatable bonds is 6. The van der Waals surface area contributed by atoms with Gasteiger partial charge in [0.15, 0.2) is 0 Å². The molecule has 2 rings (SSSR count). The molecule has 1 aromatic heterocycles. The number of piperidine rings is 1. The van der Waals surface area contributed by atoms with Gasteiger partial charge in [0.2, 0.25) is 0 Å². The van der Waals surface area contributed by atoms with Crippen molar-refractivity contribution in [3.63, 3.8) is 0 Å². The van der Waals surface area contributed by atoms with E-state index in [1.165, 1.54) is 42.9 Å². The minimum atomic E-state index is 0.598. The molecule has 1 aliphatic rings. The third kappa shape index (κ3) is 4.67. The smallest absolute Gasteiger partial charge is 0.0897 e. The van der Waals surface area contributed by atoms with Crippen LogP contribution < -0.4 is 10.6 Å². The zero-order valence-electron chi connectivity index (χ0n) is 11.5. The first-order valence-electron chi connectivity index (χ1n) is 7.12. The van der Waals surface area contributed by atoms with E-state index in [4.69, 9.17) is 0 Å². The Labute approximate surface area is 114 Å². The van der Waals surface area contributed by atoms with Gasteiger partial charge >= 0.3 is 0 Å². The maximum absolute atomic E-state index is 4.49. The maximum Gasteiger partial charge on any atom is 0.0897 e. The lowest BCUT2D eigenvalue weighted by Gasteiger charge is -2.26. The third-order valence-corrected chi connectivity index (χ3v) is 4.41. The number of thiazole rings is 1. The summed E-state index contributed by atoms with van der Waals surface area (Å²) in [7, 11) is 0. The van der Waals surface area contributed by atoms with Crippen molar-refractivity contribution in [1.29, 1.82) is 0 Å². The molecule has 0 bridgehead atoms. The Hall–Kier alpha value is -0.450. The van der Waals surface area contributed by atoms with Crippen LogP contribution in [0.15, 0.2) is 5.38 Å². The molecule has 0 saturated carbocycles. The number of nitrogens with one attached hydrogen (secondary N) is 2. The zero-order chi connectivity index (χ0) is 12.8. The van der Waals surface area contributed by atoms with E-state index < -0.39 is 0 Å². The van der Waals surface area contributed by atoms with Crippen LogP contribution in [0.4, 0.5) is 0 Å². The van der Waals surface area contributed by atoms with E-state index in [2.05, 4.69) is 34.8 Å². The summed E-state index contributed by atoms with van der Waals surface area (Å²) in [5.74, 6) is 0. The molecule has 2 atom stereocenters. The van der Waals surface area contributed by atoms with Crippen molar-refractivity contribution in [2.24, 2.45) is 0 Å². The summed E-state index contributed by atoms with van der Waals surface area (Å²) in [4.78, 5) is 4.49. The largest absolute Gasteiger partial charge is 0.314 e. The molecule has 0 amide bonds. The predicted molar refractivity (Wildman–Crippen MR) is 78.3 cm³/mol.